The largest absolute Gasteiger partial charge is 0.337 e. The number of nitro benzene ring substituents is 1. The summed E-state index contributed by atoms with van der Waals surface area (Å²) in [5.41, 5.74) is 7.01. The van der Waals surface area contributed by atoms with Gasteiger partial charge in [-0.15, -0.1) is 0 Å². The van der Waals surface area contributed by atoms with Gasteiger partial charge in [0.1, 0.15) is 0 Å². The van der Waals surface area contributed by atoms with E-state index in [9.17, 15) is 14.9 Å². The van der Waals surface area contributed by atoms with Crippen LogP contribution in [0.1, 0.15) is 23.3 Å². The highest BCUT2D eigenvalue weighted by Crippen LogP contribution is 2.37. The maximum atomic E-state index is 12.7. The second-order valence-corrected chi connectivity index (χ2v) is 6.80. The summed E-state index contributed by atoms with van der Waals surface area (Å²) in [6, 6.07) is 8.00. The number of nitrogens with two attached hydrogens (primary N) is 1. The predicted octanol–water partition coefficient (Wildman–Crippen LogP) is 1.59. The van der Waals surface area contributed by atoms with Gasteiger partial charge in [-0.1, -0.05) is 6.07 Å². The van der Waals surface area contributed by atoms with Crippen LogP contribution in [0.2, 0.25) is 0 Å². The fraction of sp³-hybridized carbons (Fsp3) is 0.412. The van der Waals surface area contributed by atoms with Crippen molar-refractivity contribution in [3.05, 3.63) is 52.3 Å². The van der Waals surface area contributed by atoms with Crippen LogP contribution in [-0.4, -0.2) is 44.6 Å². The Morgan fingerprint density at radius 3 is 2.88 bits per heavy atom. The SMILES string of the molecule is NC1CCC2CN(C(=O)c3ccn(-c4cccc([N+](=O)[O-])c4)n3)CC12. The molecule has 1 aliphatic heterocycles. The molecule has 130 valence electrons. The van der Waals surface area contributed by atoms with Crippen molar-refractivity contribution in [3.8, 4) is 5.69 Å². The summed E-state index contributed by atoms with van der Waals surface area (Å²) in [7, 11) is 0. The standard InChI is InChI=1S/C17H19N5O3/c18-15-5-4-11-9-20(10-14(11)15)17(23)16-6-7-21(19-16)12-2-1-3-13(8-12)22(24)25/h1-3,6-8,11,14-15H,4-5,9-10,18H2. The summed E-state index contributed by atoms with van der Waals surface area (Å²) >= 11 is 0. The first-order chi connectivity index (χ1) is 12.0. The van der Waals surface area contributed by atoms with Crippen molar-refractivity contribution < 1.29 is 9.72 Å². The predicted molar refractivity (Wildman–Crippen MR) is 90.3 cm³/mol. The number of likely N-dealkylation sites (tertiary alicyclic amines) is 1. The first kappa shape index (κ1) is 15.8. The number of fused-ring (bicyclic) bond motifs is 1. The second kappa shape index (κ2) is 5.96. The minimum absolute atomic E-state index is 0.0118. The van der Waals surface area contributed by atoms with Crippen molar-refractivity contribution >= 4 is 11.6 Å². The lowest BCUT2D eigenvalue weighted by Gasteiger charge is -2.17. The zero-order valence-corrected chi connectivity index (χ0v) is 13.6. The molecule has 2 N–H and O–H groups in total. The highest BCUT2D eigenvalue weighted by atomic mass is 16.6. The van der Waals surface area contributed by atoms with Crippen LogP contribution in [0.3, 0.4) is 0 Å². The molecule has 2 aromatic rings. The summed E-state index contributed by atoms with van der Waals surface area (Å²) in [4.78, 5) is 25.0. The Labute approximate surface area is 144 Å². The van der Waals surface area contributed by atoms with Crippen LogP contribution in [0.25, 0.3) is 5.69 Å². The van der Waals surface area contributed by atoms with Gasteiger partial charge < -0.3 is 10.6 Å². The lowest BCUT2D eigenvalue weighted by atomic mass is 9.98. The van der Waals surface area contributed by atoms with Gasteiger partial charge in [-0.2, -0.15) is 5.10 Å². The van der Waals surface area contributed by atoms with Crippen LogP contribution in [0, 0.1) is 22.0 Å². The highest BCUT2D eigenvalue weighted by Gasteiger charge is 2.42. The molecule has 1 aromatic heterocycles. The lowest BCUT2D eigenvalue weighted by Crippen LogP contribution is -2.33. The molecular weight excluding hydrogens is 322 g/mol. The maximum Gasteiger partial charge on any atom is 0.274 e. The Morgan fingerprint density at radius 1 is 1.28 bits per heavy atom. The average Bonchev–Trinajstić information content (AvgIpc) is 3.32. The fourth-order valence-electron chi connectivity index (χ4n) is 3.97. The molecule has 4 rings (SSSR count). The number of rotatable bonds is 3. The number of non-ortho nitro benzene ring substituents is 1. The third-order valence-electron chi connectivity index (χ3n) is 5.31. The maximum absolute atomic E-state index is 12.7. The van der Waals surface area contributed by atoms with Gasteiger partial charge in [0.05, 0.1) is 10.6 Å². The molecule has 0 radical (unpaired) electrons. The Balaban J connectivity index is 1.52. The molecule has 0 bridgehead atoms. The van der Waals surface area contributed by atoms with E-state index in [0.717, 1.165) is 19.4 Å². The molecule has 1 aliphatic carbocycles. The molecule has 2 aliphatic rings. The van der Waals surface area contributed by atoms with Crippen molar-refractivity contribution in [2.24, 2.45) is 17.6 Å². The van der Waals surface area contributed by atoms with Gasteiger partial charge in [0.2, 0.25) is 0 Å². The van der Waals surface area contributed by atoms with Crippen LogP contribution < -0.4 is 5.73 Å². The number of nitro groups is 1. The molecule has 1 aromatic carbocycles. The van der Waals surface area contributed by atoms with Gasteiger partial charge in [0, 0.05) is 37.5 Å². The van der Waals surface area contributed by atoms with Crippen molar-refractivity contribution in [2.75, 3.05) is 13.1 Å². The monoisotopic (exact) mass is 341 g/mol. The Bertz CT molecular complexity index is 833. The summed E-state index contributed by atoms with van der Waals surface area (Å²) in [6.07, 6.45) is 3.77. The molecular formula is C17H19N5O3. The third kappa shape index (κ3) is 2.78. The van der Waals surface area contributed by atoms with Crippen LogP contribution in [-0.2, 0) is 0 Å². The summed E-state index contributed by atoms with van der Waals surface area (Å²) in [5.74, 6) is 0.784. The average molecular weight is 341 g/mol. The molecule has 3 atom stereocenters. The van der Waals surface area contributed by atoms with Gasteiger partial charge in [-0.25, -0.2) is 4.68 Å². The van der Waals surface area contributed by atoms with E-state index in [1.54, 1.807) is 24.4 Å². The second-order valence-electron chi connectivity index (χ2n) is 6.80. The minimum atomic E-state index is -0.453. The number of aromatic nitrogens is 2. The molecule has 25 heavy (non-hydrogen) atoms. The Kier molecular flexibility index (Phi) is 3.76. The van der Waals surface area contributed by atoms with Gasteiger partial charge >= 0.3 is 0 Å². The zero-order chi connectivity index (χ0) is 17.6. The van der Waals surface area contributed by atoms with Crippen LogP contribution in [0.15, 0.2) is 36.5 Å². The highest BCUT2D eigenvalue weighted by molar-refractivity contribution is 5.92. The Hall–Kier alpha value is -2.74. The van der Waals surface area contributed by atoms with E-state index in [-0.39, 0.29) is 17.6 Å². The number of amides is 1. The lowest BCUT2D eigenvalue weighted by molar-refractivity contribution is -0.384. The number of hydrogen-bond donors (Lipinski definition) is 1. The molecule has 0 spiro atoms. The molecule has 2 fully saturated rings. The van der Waals surface area contributed by atoms with E-state index in [1.165, 1.54) is 16.8 Å². The van der Waals surface area contributed by atoms with Gasteiger partial charge in [-0.3, -0.25) is 14.9 Å². The number of nitrogens with zero attached hydrogens (tertiary/aromatic N) is 4. The number of carbonyl (C=O) groups is 1. The topological polar surface area (TPSA) is 107 Å². The van der Waals surface area contributed by atoms with Gasteiger partial charge in [0.25, 0.3) is 11.6 Å². The molecule has 8 nitrogen and oxygen atoms in total. The van der Waals surface area contributed by atoms with Crippen LogP contribution in [0.4, 0.5) is 5.69 Å². The molecule has 8 heteroatoms. The van der Waals surface area contributed by atoms with E-state index in [1.807, 2.05) is 4.90 Å². The fourth-order valence-corrected chi connectivity index (χ4v) is 3.97. The zero-order valence-electron chi connectivity index (χ0n) is 13.6. The van der Waals surface area contributed by atoms with E-state index >= 15 is 0 Å². The smallest absolute Gasteiger partial charge is 0.274 e. The molecule has 1 saturated carbocycles. The number of carbonyl (C=O) groups excluding carboxylic acids is 1. The van der Waals surface area contributed by atoms with Crippen molar-refractivity contribution in [2.45, 2.75) is 18.9 Å². The normalized spacial score (nSPS) is 25.2. The minimum Gasteiger partial charge on any atom is -0.337 e. The van der Waals surface area contributed by atoms with E-state index in [4.69, 9.17) is 5.73 Å². The summed E-state index contributed by atoms with van der Waals surface area (Å²) < 4.78 is 1.49. The van der Waals surface area contributed by atoms with Crippen LogP contribution in [0.5, 0.6) is 0 Å². The Morgan fingerprint density at radius 2 is 2.12 bits per heavy atom. The van der Waals surface area contributed by atoms with Gasteiger partial charge in [-0.05, 0) is 36.8 Å². The molecule has 1 saturated heterocycles. The number of benzene rings is 1. The van der Waals surface area contributed by atoms with E-state index in [2.05, 4.69) is 5.10 Å². The van der Waals surface area contributed by atoms with E-state index < -0.39 is 4.92 Å². The summed E-state index contributed by atoms with van der Waals surface area (Å²) in [6.45, 7) is 1.43. The van der Waals surface area contributed by atoms with Crippen molar-refractivity contribution in [3.63, 3.8) is 0 Å². The number of hydrogen-bond acceptors (Lipinski definition) is 5. The third-order valence-corrected chi connectivity index (χ3v) is 5.31. The summed E-state index contributed by atoms with van der Waals surface area (Å²) in [5, 5.41) is 15.2. The van der Waals surface area contributed by atoms with E-state index in [0.29, 0.717) is 29.8 Å². The quantitative estimate of drug-likeness (QED) is 0.674. The molecule has 2 heterocycles. The first-order valence-corrected chi connectivity index (χ1v) is 8.38. The first-order valence-electron chi connectivity index (χ1n) is 8.38. The molecule has 1 amide bonds. The molecule has 3 unspecified atom stereocenters. The van der Waals surface area contributed by atoms with Crippen LogP contribution >= 0.6 is 0 Å². The van der Waals surface area contributed by atoms with Crippen molar-refractivity contribution in [1.29, 1.82) is 0 Å². The van der Waals surface area contributed by atoms with Gasteiger partial charge in [0.15, 0.2) is 5.69 Å². The van der Waals surface area contributed by atoms with Crippen molar-refractivity contribution in [1.82, 2.24) is 14.7 Å².